The number of rotatable bonds is 2. The molecule has 16 heavy (non-hydrogen) atoms. The molecule has 5 heteroatoms. The van der Waals surface area contributed by atoms with E-state index < -0.39 is 11.5 Å². The molecule has 86 valence electrons. The number of carbonyl (C=O) groups is 1. The van der Waals surface area contributed by atoms with E-state index in [0.717, 1.165) is 13.0 Å². The van der Waals surface area contributed by atoms with Crippen LogP contribution < -0.4 is 4.90 Å². The summed E-state index contributed by atoms with van der Waals surface area (Å²) in [6.45, 7) is 4.29. The topological polar surface area (TPSA) is 66.3 Å². The van der Waals surface area contributed by atoms with Gasteiger partial charge in [-0.05, 0) is 32.8 Å². The number of nitrogens with zero attached hydrogens (tertiary/aromatic N) is 3. The Kier molecular flexibility index (Phi) is 2.53. The smallest absolute Gasteiger partial charge is 0.329 e. The fourth-order valence-electron chi connectivity index (χ4n) is 2.15. The van der Waals surface area contributed by atoms with Crippen molar-refractivity contribution in [1.29, 1.82) is 0 Å². The Morgan fingerprint density at radius 2 is 2.38 bits per heavy atom. The lowest BCUT2D eigenvalue weighted by Crippen LogP contribution is -2.48. The van der Waals surface area contributed by atoms with Crippen LogP contribution in [0.2, 0.25) is 0 Å². The van der Waals surface area contributed by atoms with Crippen molar-refractivity contribution in [3.63, 3.8) is 0 Å². The van der Waals surface area contributed by atoms with E-state index in [1.54, 1.807) is 26.1 Å². The Morgan fingerprint density at radius 1 is 1.62 bits per heavy atom. The van der Waals surface area contributed by atoms with Crippen molar-refractivity contribution < 1.29 is 9.90 Å². The Bertz CT molecular complexity index is 421. The van der Waals surface area contributed by atoms with Crippen LogP contribution in [-0.4, -0.2) is 33.1 Å². The highest BCUT2D eigenvalue weighted by molar-refractivity contribution is 5.83. The maximum Gasteiger partial charge on any atom is 0.329 e. The largest absolute Gasteiger partial charge is 0.480 e. The lowest BCUT2D eigenvalue weighted by molar-refractivity contribution is -0.142. The first-order chi connectivity index (χ1) is 7.54. The van der Waals surface area contributed by atoms with Crippen molar-refractivity contribution in [3.05, 3.63) is 18.1 Å². The minimum Gasteiger partial charge on any atom is -0.480 e. The molecule has 0 aromatic carbocycles. The van der Waals surface area contributed by atoms with Gasteiger partial charge in [0.05, 0.1) is 0 Å². The maximum atomic E-state index is 11.3. The molecule has 1 saturated heterocycles. The van der Waals surface area contributed by atoms with Gasteiger partial charge < -0.3 is 10.0 Å². The predicted octanol–water partition coefficient (Wildman–Crippen LogP) is 1.23. The van der Waals surface area contributed by atoms with Gasteiger partial charge in [-0.1, -0.05) is 0 Å². The van der Waals surface area contributed by atoms with Crippen LogP contribution in [0.15, 0.2) is 12.3 Å². The van der Waals surface area contributed by atoms with Gasteiger partial charge in [0, 0.05) is 12.7 Å². The molecule has 1 aliphatic heterocycles. The molecule has 1 aliphatic rings. The highest BCUT2D eigenvalue weighted by Crippen LogP contribution is 2.32. The second-order valence-electron chi connectivity index (χ2n) is 4.30. The zero-order chi connectivity index (χ0) is 11.8. The van der Waals surface area contributed by atoms with Crippen LogP contribution in [0.5, 0.6) is 0 Å². The minimum absolute atomic E-state index is 0.658. The monoisotopic (exact) mass is 221 g/mol. The van der Waals surface area contributed by atoms with E-state index in [9.17, 15) is 9.90 Å². The van der Waals surface area contributed by atoms with Crippen LogP contribution in [-0.2, 0) is 4.79 Å². The third-order valence-corrected chi connectivity index (χ3v) is 3.14. The summed E-state index contributed by atoms with van der Waals surface area (Å²) < 4.78 is 0. The first-order valence-corrected chi connectivity index (χ1v) is 5.35. The molecule has 2 rings (SSSR count). The van der Waals surface area contributed by atoms with E-state index in [2.05, 4.69) is 9.97 Å². The van der Waals surface area contributed by atoms with Crippen molar-refractivity contribution >= 4 is 11.8 Å². The fourth-order valence-corrected chi connectivity index (χ4v) is 2.15. The molecule has 5 nitrogen and oxygen atoms in total. The highest BCUT2D eigenvalue weighted by atomic mass is 16.4. The third kappa shape index (κ3) is 1.62. The molecule has 0 amide bonds. The van der Waals surface area contributed by atoms with Crippen LogP contribution in [0.3, 0.4) is 0 Å². The highest BCUT2D eigenvalue weighted by Gasteiger charge is 2.44. The average molecular weight is 221 g/mol. The summed E-state index contributed by atoms with van der Waals surface area (Å²) in [5.74, 6) is 0.577. The first kappa shape index (κ1) is 10.9. The van der Waals surface area contributed by atoms with Crippen molar-refractivity contribution in [2.45, 2.75) is 32.2 Å². The zero-order valence-electron chi connectivity index (χ0n) is 9.47. The summed E-state index contributed by atoms with van der Waals surface area (Å²) >= 11 is 0. The standard InChI is InChI=1S/C11H15N3O2/c1-8-12-6-4-9(13-8)14-7-3-5-11(14,2)10(15)16/h4,6H,3,5,7H2,1-2H3,(H,15,16). The van der Waals surface area contributed by atoms with Crippen LogP contribution >= 0.6 is 0 Å². The zero-order valence-corrected chi connectivity index (χ0v) is 9.47. The van der Waals surface area contributed by atoms with E-state index in [1.807, 2.05) is 4.90 Å². The SMILES string of the molecule is Cc1nccc(N2CCCC2(C)C(=O)O)n1. The second-order valence-corrected chi connectivity index (χ2v) is 4.30. The minimum atomic E-state index is -0.833. The van der Waals surface area contributed by atoms with Crippen LogP contribution in [0.1, 0.15) is 25.6 Å². The summed E-state index contributed by atoms with van der Waals surface area (Å²) in [5, 5.41) is 9.29. The van der Waals surface area contributed by atoms with Gasteiger partial charge in [-0.15, -0.1) is 0 Å². The number of aromatic nitrogens is 2. The van der Waals surface area contributed by atoms with E-state index in [0.29, 0.717) is 18.1 Å². The Labute approximate surface area is 94.1 Å². The van der Waals surface area contributed by atoms with Crippen molar-refractivity contribution in [2.75, 3.05) is 11.4 Å². The molecular formula is C11H15N3O2. The quantitative estimate of drug-likeness (QED) is 0.813. The van der Waals surface area contributed by atoms with Crippen LogP contribution in [0.4, 0.5) is 5.82 Å². The number of anilines is 1. The van der Waals surface area contributed by atoms with E-state index in [4.69, 9.17) is 0 Å². The Morgan fingerprint density at radius 3 is 3.00 bits per heavy atom. The number of aliphatic carboxylic acids is 1. The Balaban J connectivity index is 2.37. The predicted molar refractivity (Wildman–Crippen MR) is 59.4 cm³/mol. The van der Waals surface area contributed by atoms with Gasteiger partial charge in [0.1, 0.15) is 17.2 Å². The lowest BCUT2D eigenvalue weighted by Gasteiger charge is -2.32. The molecule has 0 bridgehead atoms. The molecule has 0 radical (unpaired) electrons. The van der Waals surface area contributed by atoms with Gasteiger partial charge in [-0.2, -0.15) is 0 Å². The summed E-state index contributed by atoms with van der Waals surface area (Å²) in [5.41, 5.74) is -0.833. The van der Waals surface area contributed by atoms with E-state index >= 15 is 0 Å². The van der Waals surface area contributed by atoms with Gasteiger partial charge in [-0.3, -0.25) is 0 Å². The number of carboxylic acid groups (broad SMARTS) is 1. The second kappa shape index (κ2) is 3.73. The molecule has 1 fully saturated rings. The molecule has 0 aliphatic carbocycles. The van der Waals surface area contributed by atoms with E-state index in [1.165, 1.54) is 0 Å². The molecule has 1 aromatic heterocycles. The molecule has 1 unspecified atom stereocenters. The van der Waals surface area contributed by atoms with Crippen LogP contribution in [0, 0.1) is 6.92 Å². The normalized spacial score (nSPS) is 24.8. The summed E-state index contributed by atoms with van der Waals surface area (Å²) in [6.07, 6.45) is 3.20. The molecule has 0 spiro atoms. The third-order valence-electron chi connectivity index (χ3n) is 3.14. The first-order valence-electron chi connectivity index (χ1n) is 5.35. The molecule has 0 saturated carbocycles. The number of carboxylic acids is 1. The van der Waals surface area contributed by atoms with Crippen molar-refractivity contribution in [3.8, 4) is 0 Å². The number of hydrogen-bond acceptors (Lipinski definition) is 4. The number of aryl methyl sites for hydroxylation is 1. The van der Waals surface area contributed by atoms with E-state index in [-0.39, 0.29) is 0 Å². The molecule has 1 N–H and O–H groups in total. The molecule has 1 aromatic rings. The Hall–Kier alpha value is -1.65. The maximum absolute atomic E-state index is 11.3. The fraction of sp³-hybridized carbons (Fsp3) is 0.545. The summed E-state index contributed by atoms with van der Waals surface area (Å²) in [7, 11) is 0. The van der Waals surface area contributed by atoms with Gasteiger partial charge in [-0.25, -0.2) is 14.8 Å². The van der Waals surface area contributed by atoms with Crippen LogP contribution in [0.25, 0.3) is 0 Å². The van der Waals surface area contributed by atoms with Crippen molar-refractivity contribution in [1.82, 2.24) is 9.97 Å². The summed E-state index contributed by atoms with van der Waals surface area (Å²) in [4.78, 5) is 21.5. The van der Waals surface area contributed by atoms with Gasteiger partial charge in [0.2, 0.25) is 0 Å². The molecular weight excluding hydrogens is 206 g/mol. The average Bonchev–Trinajstić information content (AvgIpc) is 2.62. The summed E-state index contributed by atoms with van der Waals surface area (Å²) in [6, 6.07) is 1.76. The van der Waals surface area contributed by atoms with Gasteiger partial charge in [0.15, 0.2) is 0 Å². The van der Waals surface area contributed by atoms with Crippen molar-refractivity contribution in [2.24, 2.45) is 0 Å². The lowest BCUT2D eigenvalue weighted by atomic mass is 9.99. The molecule has 1 atom stereocenters. The van der Waals surface area contributed by atoms with Gasteiger partial charge in [0.25, 0.3) is 0 Å². The van der Waals surface area contributed by atoms with Gasteiger partial charge >= 0.3 is 5.97 Å². The number of hydrogen-bond donors (Lipinski definition) is 1. The molecule has 2 heterocycles.